The average molecular weight is 242 g/mol. The van der Waals surface area contributed by atoms with E-state index in [1.165, 1.54) is 16.7 Å². The minimum atomic E-state index is -0.646. The van der Waals surface area contributed by atoms with Crippen LogP contribution in [0.25, 0.3) is 0 Å². The molecule has 0 N–H and O–H groups in total. The quantitative estimate of drug-likeness (QED) is 0.358. The summed E-state index contributed by atoms with van der Waals surface area (Å²) in [5.41, 5.74) is -0.893. The fourth-order valence-corrected chi connectivity index (χ4v) is 1.63. The highest BCUT2D eigenvalue weighted by atomic mass is 32.1. The molecule has 5 nitrogen and oxygen atoms in total. The van der Waals surface area contributed by atoms with E-state index in [2.05, 4.69) is 12.6 Å². The fraction of sp³-hybridized carbons (Fsp3) is 0.500. The Labute approximate surface area is 98.7 Å². The third-order valence-corrected chi connectivity index (χ3v) is 2.57. The molecule has 0 unspecified atom stereocenters. The Morgan fingerprint density at radius 3 is 2.75 bits per heavy atom. The van der Waals surface area contributed by atoms with Crippen molar-refractivity contribution in [2.75, 3.05) is 5.75 Å². The van der Waals surface area contributed by atoms with Gasteiger partial charge in [0.1, 0.15) is 0 Å². The van der Waals surface area contributed by atoms with Crippen LogP contribution in [0.1, 0.15) is 19.3 Å². The number of hydrogen-bond acceptors (Lipinski definition) is 4. The molecule has 1 aromatic rings. The van der Waals surface area contributed by atoms with Gasteiger partial charge in [0.15, 0.2) is 0 Å². The van der Waals surface area contributed by atoms with E-state index in [0.717, 1.165) is 25.0 Å². The van der Waals surface area contributed by atoms with E-state index in [-0.39, 0.29) is 5.69 Å². The zero-order valence-electron chi connectivity index (χ0n) is 8.83. The van der Waals surface area contributed by atoms with E-state index in [1.807, 2.05) is 0 Å². The molecule has 1 heterocycles. The Balaban J connectivity index is 2.70. The van der Waals surface area contributed by atoms with Gasteiger partial charge in [-0.1, -0.05) is 6.42 Å². The number of nitro groups is 1. The number of nitrogens with zero attached hydrogens (tertiary/aromatic N) is 2. The number of rotatable bonds is 6. The largest absolute Gasteiger partial charge is 0.334 e. The molecule has 16 heavy (non-hydrogen) atoms. The van der Waals surface area contributed by atoms with E-state index >= 15 is 0 Å². The SMILES string of the molecule is O=c1c([N+](=O)[O-])cccn1CCCCCS. The van der Waals surface area contributed by atoms with Crippen molar-refractivity contribution in [2.45, 2.75) is 25.8 Å². The summed E-state index contributed by atoms with van der Waals surface area (Å²) < 4.78 is 1.39. The van der Waals surface area contributed by atoms with E-state index < -0.39 is 10.5 Å². The highest BCUT2D eigenvalue weighted by Crippen LogP contribution is 2.04. The molecule has 6 heteroatoms. The van der Waals surface area contributed by atoms with Gasteiger partial charge in [0.05, 0.1) is 4.92 Å². The first-order valence-electron chi connectivity index (χ1n) is 5.11. The van der Waals surface area contributed by atoms with Crippen LogP contribution < -0.4 is 5.56 Å². The summed E-state index contributed by atoms with van der Waals surface area (Å²) in [4.78, 5) is 21.5. The fourth-order valence-electron chi connectivity index (χ4n) is 1.41. The zero-order chi connectivity index (χ0) is 12.0. The lowest BCUT2D eigenvalue weighted by Gasteiger charge is -2.04. The lowest BCUT2D eigenvalue weighted by atomic mass is 10.2. The Kier molecular flexibility index (Phi) is 5.04. The van der Waals surface area contributed by atoms with Crippen LogP contribution in [0, 0.1) is 10.1 Å². The van der Waals surface area contributed by atoms with Crippen molar-refractivity contribution in [3.05, 3.63) is 38.8 Å². The third-order valence-electron chi connectivity index (χ3n) is 2.25. The molecule has 0 fully saturated rings. The maximum absolute atomic E-state index is 11.6. The van der Waals surface area contributed by atoms with E-state index in [9.17, 15) is 14.9 Å². The first-order chi connectivity index (χ1) is 7.66. The van der Waals surface area contributed by atoms with Crippen molar-refractivity contribution in [2.24, 2.45) is 0 Å². The molecule has 0 radical (unpaired) electrons. The number of pyridine rings is 1. The Morgan fingerprint density at radius 2 is 2.12 bits per heavy atom. The monoisotopic (exact) mass is 242 g/mol. The van der Waals surface area contributed by atoms with Gasteiger partial charge in [-0.05, 0) is 24.7 Å². The summed E-state index contributed by atoms with van der Waals surface area (Å²) in [5.74, 6) is 0.823. The van der Waals surface area contributed by atoms with Gasteiger partial charge in [-0.15, -0.1) is 0 Å². The van der Waals surface area contributed by atoms with Gasteiger partial charge in [-0.25, -0.2) is 0 Å². The third kappa shape index (κ3) is 3.37. The van der Waals surface area contributed by atoms with Crippen LogP contribution in [0.5, 0.6) is 0 Å². The van der Waals surface area contributed by atoms with Crippen molar-refractivity contribution in [1.29, 1.82) is 0 Å². The summed E-state index contributed by atoms with van der Waals surface area (Å²) in [5, 5.41) is 10.5. The summed E-state index contributed by atoms with van der Waals surface area (Å²) >= 11 is 4.09. The second kappa shape index (κ2) is 6.32. The molecule has 0 saturated carbocycles. The van der Waals surface area contributed by atoms with Gasteiger partial charge in [-0.3, -0.25) is 14.9 Å². The predicted octanol–water partition coefficient (Wildman–Crippen LogP) is 1.86. The number of hydrogen-bond donors (Lipinski definition) is 1. The lowest BCUT2D eigenvalue weighted by molar-refractivity contribution is -0.386. The standard InChI is InChI=1S/C10H14N2O3S/c13-10-9(12(14)15)5-4-7-11(10)6-2-1-3-8-16/h4-5,7,16H,1-3,6,8H2. The summed E-state index contributed by atoms with van der Waals surface area (Å²) in [6, 6.07) is 2.75. The predicted molar refractivity (Wildman–Crippen MR) is 65.1 cm³/mol. The maximum atomic E-state index is 11.6. The zero-order valence-corrected chi connectivity index (χ0v) is 9.73. The Morgan fingerprint density at radius 1 is 1.38 bits per heavy atom. The molecule has 0 aliphatic heterocycles. The van der Waals surface area contributed by atoms with E-state index in [1.54, 1.807) is 6.20 Å². The molecular weight excluding hydrogens is 228 g/mol. The minimum absolute atomic E-state index is 0.364. The summed E-state index contributed by atoms with van der Waals surface area (Å²) in [6.45, 7) is 0.522. The molecule has 0 bridgehead atoms. The van der Waals surface area contributed by atoms with Crippen molar-refractivity contribution in [3.8, 4) is 0 Å². The molecule has 1 aromatic heterocycles. The molecular formula is C10H14N2O3S. The molecule has 0 saturated heterocycles. The van der Waals surface area contributed by atoms with Crippen LogP contribution in [0.2, 0.25) is 0 Å². The Hall–Kier alpha value is -1.30. The number of aryl methyl sites for hydroxylation is 1. The van der Waals surface area contributed by atoms with Gasteiger partial charge in [0, 0.05) is 18.8 Å². The second-order valence-electron chi connectivity index (χ2n) is 3.43. The van der Waals surface area contributed by atoms with Crippen LogP contribution in [-0.2, 0) is 6.54 Å². The molecule has 1 rings (SSSR count). The van der Waals surface area contributed by atoms with Crippen molar-refractivity contribution in [1.82, 2.24) is 4.57 Å². The molecule has 0 aliphatic carbocycles. The number of thiol groups is 1. The van der Waals surface area contributed by atoms with Gasteiger partial charge < -0.3 is 4.57 Å². The van der Waals surface area contributed by atoms with Crippen LogP contribution in [0.3, 0.4) is 0 Å². The number of aromatic nitrogens is 1. The highest BCUT2D eigenvalue weighted by Gasteiger charge is 2.12. The first-order valence-corrected chi connectivity index (χ1v) is 5.74. The van der Waals surface area contributed by atoms with Gasteiger partial charge in [-0.2, -0.15) is 12.6 Å². The van der Waals surface area contributed by atoms with Gasteiger partial charge >= 0.3 is 11.2 Å². The highest BCUT2D eigenvalue weighted by molar-refractivity contribution is 7.80. The van der Waals surface area contributed by atoms with Crippen LogP contribution in [0.15, 0.2) is 23.1 Å². The molecule has 88 valence electrons. The van der Waals surface area contributed by atoms with Crippen molar-refractivity contribution in [3.63, 3.8) is 0 Å². The van der Waals surface area contributed by atoms with Gasteiger partial charge in [0.2, 0.25) is 0 Å². The first kappa shape index (κ1) is 12.8. The maximum Gasteiger partial charge on any atom is 0.334 e. The van der Waals surface area contributed by atoms with Crippen molar-refractivity contribution >= 4 is 18.3 Å². The normalized spacial score (nSPS) is 10.3. The van der Waals surface area contributed by atoms with Gasteiger partial charge in [0.25, 0.3) is 0 Å². The topological polar surface area (TPSA) is 65.1 Å². The van der Waals surface area contributed by atoms with E-state index in [0.29, 0.717) is 6.54 Å². The summed E-state index contributed by atoms with van der Waals surface area (Å²) in [7, 11) is 0. The molecule has 0 aliphatic rings. The number of unbranched alkanes of at least 4 members (excludes halogenated alkanes) is 2. The molecule has 0 amide bonds. The molecule has 0 aromatic carbocycles. The van der Waals surface area contributed by atoms with Crippen LogP contribution >= 0.6 is 12.6 Å². The van der Waals surface area contributed by atoms with Crippen LogP contribution in [0.4, 0.5) is 5.69 Å². The minimum Gasteiger partial charge on any atom is -0.310 e. The van der Waals surface area contributed by atoms with Crippen LogP contribution in [-0.4, -0.2) is 15.2 Å². The lowest BCUT2D eigenvalue weighted by Crippen LogP contribution is -2.21. The molecule has 0 atom stereocenters. The average Bonchev–Trinajstić information content (AvgIpc) is 2.26. The second-order valence-corrected chi connectivity index (χ2v) is 3.88. The summed E-state index contributed by atoms with van der Waals surface area (Å²) in [6.07, 6.45) is 4.38. The Bertz CT molecular complexity index is 417. The van der Waals surface area contributed by atoms with Crippen molar-refractivity contribution < 1.29 is 4.92 Å². The molecule has 0 spiro atoms. The smallest absolute Gasteiger partial charge is 0.310 e. The van der Waals surface area contributed by atoms with E-state index in [4.69, 9.17) is 0 Å².